The van der Waals surface area contributed by atoms with Gasteiger partial charge < -0.3 is 14.5 Å². The number of nitrogens with one attached hydrogen (secondary N) is 1. The molecule has 4 aromatic rings. The van der Waals surface area contributed by atoms with E-state index in [0.29, 0.717) is 35.7 Å². The molecule has 0 unspecified atom stereocenters. The van der Waals surface area contributed by atoms with Crippen LogP contribution >= 0.6 is 11.6 Å². The van der Waals surface area contributed by atoms with Gasteiger partial charge in [0.05, 0.1) is 6.04 Å². The molecule has 0 aliphatic heterocycles. The van der Waals surface area contributed by atoms with Crippen molar-refractivity contribution in [3.63, 3.8) is 0 Å². The van der Waals surface area contributed by atoms with Crippen LogP contribution in [0.2, 0.25) is 5.02 Å². The van der Waals surface area contributed by atoms with Crippen molar-refractivity contribution >= 4 is 17.5 Å². The van der Waals surface area contributed by atoms with Crippen LogP contribution in [-0.2, 0) is 6.61 Å². The Labute approximate surface area is 217 Å². The molecule has 1 aromatic heterocycles. The zero-order valence-electron chi connectivity index (χ0n) is 20.4. The van der Waals surface area contributed by atoms with Crippen LogP contribution in [0.4, 0.5) is 5.88 Å². The third-order valence-electron chi connectivity index (χ3n) is 6.08. The van der Waals surface area contributed by atoms with E-state index in [4.69, 9.17) is 20.8 Å². The Balaban J connectivity index is 1.46. The summed E-state index contributed by atoms with van der Waals surface area (Å²) in [6, 6.07) is 27.6. The molecule has 1 heterocycles. The second kappa shape index (κ2) is 12.3. The van der Waals surface area contributed by atoms with E-state index >= 15 is 0 Å². The van der Waals surface area contributed by atoms with Crippen molar-refractivity contribution in [3.05, 3.63) is 101 Å². The fourth-order valence-corrected chi connectivity index (χ4v) is 4.29. The molecular weight excluding hydrogens is 472 g/mol. The first-order valence-corrected chi connectivity index (χ1v) is 12.4. The third-order valence-corrected chi connectivity index (χ3v) is 6.45. The van der Waals surface area contributed by atoms with Gasteiger partial charge in [-0.1, -0.05) is 74.0 Å². The molecule has 36 heavy (non-hydrogen) atoms. The predicted molar refractivity (Wildman–Crippen MR) is 143 cm³/mol. The van der Waals surface area contributed by atoms with E-state index in [1.54, 1.807) is 0 Å². The monoisotopic (exact) mass is 500 g/mol. The number of benzene rings is 3. The second-order valence-corrected chi connectivity index (χ2v) is 8.65. The maximum absolute atomic E-state index is 9.65. The number of halogens is 1. The summed E-state index contributed by atoms with van der Waals surface area (Å²) in [6.07, 6.45) is 0. The summed E-state index contributed by atoms with van der Waals surface area (Å²) in [5.41, 5.74) is 3.12. The Morgan fingerprint density at radius 2 is 1.69 bits per heavy atom. The normalized spacial score (nSPS) is 11.8. The van der Waals surface area contributed by atoms with Gasteiger partial charge in [-0.2, -0.15) is 10.2 Å². The highest BCUT2D eigenvalue weighted by Gasteiger charge is 2.20. The number of aromatic nitrogens is 1. The zero-order chi connectivity index (χ0) is 25.3. The highest BCUT2D eigenvalue weighted by molar-refractivity contribution is 6.31. The summed E-state index contributed by atoms with van der Waals surface area (Å²) in [7, 11) is 0. The van der Waals surface area contributed by atoms with Crippen LogP contribution in [0.25, 0.3) is 11.5 Å². The minimum Gasteiger partial charge on any atom is -0.489 e. The molecule has 4 rings (SSSR count). The van der Waals surface area contributed by atoms with Gasteiger partial charge in [0, 0.05) is 22.7 Å². The molecule has 0 amide bonds. The summed E-state index contributed by atoms with van der Waals surface area (Å²) >= 11 is 6.20. The van der Waals surface area contributed by atoms with Crippen molar-refractivity contribution in [2.75, 3.05) is 25.0 Å². The van der Waals surface area contributed by atoms with Gasteiger partial charge in [0.1, 0.15) is 18.4 Å². The number of hydrogen-bond acceptors (Lipinski definition) is 6. The summed E-state index contributed by atoms with van der Waals surface area (Å²) in [5.74, 6) is 1.46. The molecule has 0 bridgehead atoms. The van der Waals surface area contributed by atoms with Crippen molar-refractivity contribution in [2.45, 2.75) is 26.5 Å². The molecule has 0 aliphatic rings. The Hall–Kier alpha value is -3.79. The van der Waals surface area contributed by atoms with E-state index in [1.165, 1.54) is 5.56 Å². The first-order chi connectivity index (χ1) is 17.6. The summed E-state index contributed by atoms with van der Waals surface area (Å²) in [6.45, 7) is 7.08. The number of oxazole rings is 1. The van der Waals surface area contributed by atoms with Crippen LogP contribution in [0, 0.1) is 11.3 Å². The van der Waals surface area contributed by atoms with Gasteiger partial charge >= 0.3 is 0 Å². The lowest BCUT2D eigenvalue weighted by Crippen LogP contribution is -2.33. The van der Waals surface area contributed by atoms with Gasteiger partial charge in [-0.3, -0.25) is 4.90 Å². The number of likely N-dealkylation sites (N-methyl/N-ethyl adjacent to an activating group) is 1. The smallest absolute Gasteiger partial charge is 0.232 e. The number of ether oxygens (including phenoxy) is 1. The number of nitrogens with zero attached hydrogens (tertiary/aromatic N) is 3. The van der Waals surface area contributed by atoms with E-state index in [1.807, 2.05) is 66.7 Å². The molecule has 1 N–H and O–H groups in total. The number of anilines is 1. The van der Waals surface area contributed by atoms with Crippen molar-refractivity contribution in [1.29, 1.82) is 5.26 Å². The molecule has 0 spiro atoms. The van der Waals surface area contributed by atoms with Crippen molar-refractivity contribution in [2.24, 2.45) is 0 Å². The molecule has 0 fully saturated rings. The Bertz CT molecular complexity index is 1300. The molecule has 184 valence electrons. The van der Waals surface area contributed by atoms with Gasteiger partial charge in [0.2, 0.25) is 17.5 Å². The minimum absolute atomic E-state index is 0.135. The molecule has 0 radical (unpaired) electrons. The lowest BCUT2D eigenvalue weighted by molar-refractivity contribution is 0.227. The SMILES string of the molecule is CCN(CC)[C@@H](CNc1oc(-c2ccc(OCc3ccccc3Cl)cc2)nc1C#N)c1ccccc1. The van der Waals surface area contributed by atoms with E-state index in [-0.39, 0.29) is 11.7 Å². The number of rotatable bonds is 11. The first kappa shape index (κ1) is 25.3. The van der Waals surface area contributed by atoms with Crippen LogP contribution in [-0.4, -0.2) is 29.5 Å². The standard InChI is InChI=1S/C29H29ClN4O2/c1-3-34(4-2)27(21-10-6-5-7-11-21)19-32-29-26(18-31)33-28(36-29)22-14-16-24(17-15-22)35-20-23-12-8-9-13-25(23)30/h5-17,27,32H,3-4,19-20H2,1-2H3/t27-/m0/s1. The van der Waals surface area contributed by atoms with E-state index < -0.39 is 0 Å². The molecular formula is C29H29ClN4O2. The summed E-state index contributed by atoms with van der Waals surface area (Å²) < 4.78 is 11.8. The van der Waals surface area contributed by atoms with E-state index in [2.05, 4.69) is 47.3 Å². The average Bonchev–Trinajstić information content (AvgIpc) is 3.34. The summed E-state index contributed by atoms with van der Waals surface area (Å²) in [5, 5.41) is 13.7. The van der Waals surface area contributed by atoms with Crippen molar-refractivity contribution in [1.82, 2.24) is 9.88 Å². The quantitative estimate of drug-likeness (QED) is 0.240. The van der Waals surface area contributed by atoms with Crippen molar-refractivity contribution in [3.8, 4) is 23.3 Å². The van der Waals surface area contributed by atoms with Crippen LogP contribution in [0.5, 0.6) is 5.75 Å². The van der Waals surface area contributed by atoms with Crippen LogP contribution in [0.1, 0.15) is 36.7 Å². The van der Waals surface area contributed by atoms with Gasteiger partial charge in [0.15, 0.2) is 0 Å². The van der Waals surface area contributed by atoms with Crippen LogP contribution in [0.3, 0.4) is 0 Å². The van der Waals surface area contributed by atoms with Crippen LogP contribution in [0.15, 0.2) is 83.3 Å². The maximum Gasteiger partial charge on any atom is 0.232 e. The van der Waals surface area contributed by atoms with Gasteiger partial charge in [-0.15, -0.1) is 0 Å². The molecule has 3 aromatic carbocycles. The lowest BCUT2D eigenvalue weighted by atomic mass is 10.1. The largest absolute Gasteiger partial charge is 0.489 e. The van der Waals surface area contributed by atoms with Gasteiger partial charge in [-0.05, 0) is 49.0 Å². The highest BCUT2D eigenvalue weighted by atomic mass is 35.5. The average molecular weight is 501 g/mol. The van der Waals surface area contributed by atoms with E-state index in [9.17, 15) is 5.26 Å². The fourth-order valence-electron chi connectivity index (χ4n) is 4.10. The molecule has 6 nitrogen and oxygen atoms in total. The Morgan fingerprint density at radius 1 is 1.00 bits per heavy atom. The van der Waals surface area contributed by atoms with Crippen LogP contribution < -0.4 is 10.1 Å². The molecule has 0 saturated carbocycles. The fraction of sp³-hybridized carbons (Fsp3) is 0.241. The number of nitriles is 1. The van der Waals surface area contributed by atoms with Gasteiger partial charge in [-0.25, -0.2) is 0 Å². The molecule has 0 aliphatic carbocycles. The minimum atomic E-state index is 0.135. The first-order valence-electron chi connectivity index (χ1n) is 12.0. The maximum atomic E-state index is 9.65. The third kappa shape index (κ3) is 6.06. The molecule has 1 atom stereocenters. The topological polar surface area (TPSA) is 74.3 Å². The van der Waals surface area contributed by atoms with Crippen molar-refractivity contribution < 1.29 is 9.15 Å². The Morgan fingerprint density at radius 3 is 2.36 bits per heavy atom. The predicted octanol–water partition coefficient (Wildman–Crippen LogP) is 6.94. The molecule has 7 heteroatoms. The second-order valence-electron chi connectivity index (χ2n) is 8.24. The van der Waals surface area contributed by atoms with E-state index in [0.717, 1.165) is 24.2 Å². The summed E-state index contributed by atoms with van der Waals surface area (Å²) in [4.78, 5) is 6.78. The number of hydrogen-bond donors (Lipinski definition) is 1. The lowest BCUT2D eigenvalue weighted by Gasteiger charge is -2.30. The Kier molecular flexibility index (Phi) is 8.62. The zero-order valence-corrected chi connectivity index (χ0v) is 21.2. The highest BCUT2D eigenvalue weighted by Crippen LogP contribution is 2.29. The molecule has 0 saturated heterocycles. The van der Waals surface area contributed by atoms with Gasteiger partial charge in [0.25, 0.3) is 0 Å².